The number of ether oxygens (including phenoxy) is 2. The van der Waals surface area contributed by atoms with Gasteiger partial charge in [0.25, 0.3) is 0 Å². The Kier molecular flexibility index (Phi) is 34.5. The van der Waals surface area contributed by atoms with E-state index >= 15 is 0 Å². The number of quaternary nitrogens is 2. The molecule has 0 aliphatic rings. The molecule has 6 nitrogen and oxygen atoms in total. The van der Waals surface area contributed by atoms with E-state index in [0.717, 1.165) is 50.3 Å². The topological polar surface area (TPSA) is 52.6 Å². The molecule has 0 saturated heterocycles. The quantitative estimate of drug-likeness (QED) is 0.0523. The van der Waals surface area contributed by atoms with Crippen molar-refractivity contribution in [2.24, 2.45) is 0 Å². The van der Waals surface area contributed by atoms with Crippen LogP contribution in [-0.2, 0) is 19.1 Å². The van der Waals surface area contributed by atoms with Crippen molar-refractivity contribution in [2.45, 2.75) is 117 Å². The molecule has 0 rings (SSSR count). The first kappa shape index (κ1) is 46.6. The monoisotopic (exact) mass is 676 g/mol. The minimum Gasteiger partial charge on any atom is -1.00 e. The van der Waals surface area contributed by atoms with Crippen LogP contribution in [0, 0.1) is 0 Å². The van der Waals surface area contributed by atoms with Gasteiger partial charge in [-0.3, -0.25) is 0 Å². The Hall–Kier alpha value is 0.140. The van der Waals surface area contributed by atoms with E-state index in [0.29, 0.717) is 35.3 Å². The normalized spacial score (nSPS) is 11.5. The van der Waals surface area contributed by atoms with E-state index < -0.39 is 0 Å². The first-order chi connectivity index (χ1) is 19.1. The fraction of sp³-hybridized carbons (Fsp3) is 0.938. The van der Waals surface area contributed by atoms with E-state index in [2.05, 4.69) is 42.0 Å². The maximum absolute atomic E-state index is 12.3. The number of nitrogens with zero attached hydrogens (tertiary/aromatic N) is 2. The first-order valence-electron chi connectivity index (χ1n) is 16.3. The third kappa shape index (κ3) is 33.0. The third-order valence-corrected chi connectivity index (χ3v) is 9.64. The molecule has 0 atom stereocenters. The van der Waals surface area contributed by atoms with Gasteiger partial charge in [-0.2, -0.15) is 0 Å². The second-order valence-electron chi connectivity index (χ2n) is 12.7. The summed E-state index contributed by atoms with van der Waals surface area (Å²) in [5.74, 6) is 1.80. The van der Waals surface area contributed by atoms with Crippen LogP contribution in [0.1, 0.15) is 117 Å². The summed E-state index contributed by atoms with van der Waals surface area (Å²) in [7, 11) is 12.1. The number of carbonyl (C=O) groups excluding carboxylic acids is 2. The molecule has 0 radical (unpaired) electrons. The number of likely N-dealkylation sites (N-methyl/N-ethyl adjacent to an activating group) is 2. The van der Waals surface area contributed by atoms with E-state index in [1.54, 1.807) is 0 Å². The summed E-state index contributed by atoms with van der Waals surface area (Å²) < 4.78 is 12.3. The SMILES string of the molecule is CCCCCCCCCCOC(=O)C[N+](C)(C)CCSSCC[N+](C)(C)CC(=O)OCCCCCCCCCC.[Cl-].[Cl-]. The summed E-state index contributed by atoms with van der Waals surface area (Å²) in [6.07, 6.45) is 20.0. The second kappa shape index (κ2) is 31.1. The third-order valence-electron chi connectivity index (χ3n) is 7.28. The van der Waals surface area contributed by atoms with E-state index in [1.165, 1.54) is 77.0 Å². The zero-order valence-corrected chi connectivity index (χ0v) is 31.2. The van der Waals surface area contributed by atoms with Crippen molar-refractivity contribution in [2.75, 3.05) is 79.1 Å². The van der Waals surface area contributed by atoms with E-state index in [9.17, 15) is 9.59 Å². The molecule has 0 bridgehead atoms. The number of carbonyl (C=O) groups is 2. The van der Waals surface area contributed by atoms with Crippen molar-refractivity contribution in [3.05, 3.63) is 0 Å². The Labute approximate surface area is 280 Å². The van der Waals surface area contributed by atoms with Crippen molar-refractivity contribution in [3.8, 4) is 0 Å². The standard InChI is InChI=1S/C32H66N2O4S2.2ClH/c1-7-9-11-13-15-17-19-21-25-37-31(35)29-33(3,4)23-27-39-40-28-24-34(5,6)30-32(36)38-26-22-20-18-16-14-12-10-8-2;;/h7-30H2,1-6H3;2*1H/q+2;;/p-2. The molecule has 0 spiro atoms. The highest BCUT2D eigenvalue weighted by atomic mass is 35.5. The predicted molar refractivity (Wildman–Crippen MR) is 176 cm³/mol. The van der Waals surface area contributed by atoms with Crippen LogP contribution in [0.15, 0.2) is 0 Å². The summed E-state index contributed by atoms with van der Waals surface area (Å²) in [6.45, 7) is 8.30. The number of hydrogen-bond donors (Lipinski definition) is 0. The molecule has 0 aromatic heterocycles. The molecule has 0 unspecified atom stereocenters. The molecule has 0 saturated carbocycles. The summed E-state index contributed by atoms with van der Waals surface area (Å²) in [6, 6.07) is 0. The average Bonchev–Trinajstić information content (AvgIpc) is 2.88. The molecule has 0 N–H and O–H groups in total. The van der Waals surface area contributed by atoms with Gasteiger partial charge in [-0.05, 0) is 12.8 Å². The van der Waals surface area contributed by atoms with Crippen LogP contribution >= 0.6 is 21.6 Å². The molecule has 254 valence electrons. The van der Waals surface area contributed by atoms with Crippen molar-refractivity contribution in [3.63, 3.8) is 0 Å². The van der Waals surface area contributed by atoms with E-state index in [4.69, 9.17) is 9.47 Å². The Morgan fingerprint density at radius 2 is 0.786 bits per heavy atom. The van der Waals surface area contributed by atoms with Crippen LogP contribution in [0.5, 0.6) is 0 Å². The lowest BCUT2D eigenvalue weighted by atomic mass is 10.1. The van der Waals surface area contributed by atoms with Crippen LogP contribution in [-0.4, -0.2) is 100.0 Å². The lowest BCUT2D eigenvalue weighted by Crippen LogP contribution is -3.00. The maximum Gasteiger partial charge on any atom is 0.361 e. The number of unbranched alkanes of at least 4 members (excludes halogenated alkanes) is 14. The van der Waals surface area contributed by atoms with Crippen molar-refractivity contribution < 1.29 is 52.8 Å². The van der Waals surface area contributed by atoms with Crippen LogP contribution in [0.4, 0.5) is 0 Å². The Bertz CT molecular complexity index is 577. The van der Waals surface area contributed by atoms with Gasteiger partial charge in [-0.25, -0.2) is 9.59 Å². The Morgan fingerprint density at radius 1 is 0.500 bits per heavy atom. The lowest BCUT2D eigenvalue weighted by molar-refractivity contribution is -0.880. The van der Waals surface area contributed by atoms with Gasteiger partial charge in [0.1, 0.15) is 0 Å². The molecule has 0 aromatic rings. The molecule has 0 amide bonds. The smallest absolute Gasteiger partial charge is 0.361 e. The molecule has 42 heavy (non-hydrogen) atoms. The number of rotatable bonds is 29. The Morgan fingerprint density at radius 3 is 1.10 bits per heavy atom. The van der Waals surface area contributed by atoms with Crippen LogP contribution in [0.3, 0.4) is 0 Å². The zero-order valence-electron chi connectivity index (χ0n) is 28.1. The molecule has 0 aliphatic carbocycles. The van der Waals surface area contributed by atoms with Crippen molar-refractivity contribution in [1.82, 2.24) is 0 Å². The molecular weight excluding hydrogens is 611 g/mol. The largest absolute Gasteiger partial charge is 1.00 e. The fourth-order valence-corrected chi connectivity index (χ4v) is 7.01. The van der Waals surface area contributed by atoms with Gasteiger partial charge in [-0.15, -0.1) is 0 Å². The summed E-state index contributed by atoms with van der Waals surface area (Å²) >= 11 is 0. The van der Waals surface area contributed by atoms with Gasteiger partial charge in [-0.1, -0.05) is 125 Å². The molecule has 10 heteroatoms. The highest BCUT2D eigenvalue weighted by molar-refractivity contribution is 8.76. The van der Waals surface area contributed by atoms with Crippen LogP contribution < -0.4 is 24.8 Å². The van der Waals surface area contributed by atoms with Gasteiger partial charge < -0.3 is 43.3 Å². The van der Waals surface area contributed by atoms with Gasteiger partial charge in [0.2, 0.25) is 0 Å². The van der Waals surface area contributed by atoms with Gasteiger partial charge in [0, 0.05) is 0 Å². The van der Waals surface area contributed by atoms with Crippen molar-refractivity contribution in [1.29, 1.82) is 0 Å². The zero-order chi connectivity index (χ0) is 30.0. The number of halogens is 2. The van der Waals surface area contributed by atoms with E-state index in [-0.39, 0.29) is 36.8 Å². The second-order valence-corrected chi connectivity index (χ2v) is 15.4. The van der Waals surface area contributed by atoms with Gasteiger partial charge in [0.05, 0.1) is 66.0 Å². The van der Waals surface area contributed by atoms with Crippen molar-refractivity contribution >= 4 is 33.5 Å². The summed E-state index contributed by atoms with van der Waals surface area (Å²) in [4.78, 5) is 24.5. The molecule has 0 fully saturated rings. The predicted octanol–water partition coefficient (Wildman–Crippen LogP) is 1.90. The van der Waals surface area contributed by atoms with Crippen LogP contribution in [0.2, 0.25) is 0 Å². The molecule has 0 heterocycles. The minimum absolute atomic E-state index is 0. The average molecular weight is 678 g/mol. The van der Waals surface area contributed by atoms with Gasteiger partial charge >= 0.3 is 11.9 Å². The highest BCUT2D eigenvalue weighted by Crippen LogP contribution is 2.22. The first-order valence-corrected chi connectivity index (χ1v) is 18.8. The molecule has 0 aliphatic heterocycles. The van der Waals surface area contributed by atoms with Crippen LogP contribution in [0.25, 0.3) is 0 Å². The summed E-state index contributed by atoms with van der Waals surface area (Å²) in [5, 5.41) is 0. The number of esters is 2. The molecular formula is C32H66Cl2N2O4S2. The fourth-order valence-electron chi connectivity index (χ4n) is 4.48. The Balaban J connectivity index is -0.00000760. The highest BCUT2D eigenvalue weighted by Gasteiger charge is 2.22. The minimum atomic E-state index is -0.0843. The van der Waals surface area contributed by atoms with Gasteiger partial charge in [0.15, 0.2) is 13.1 Å². The maximum atomic E-state index is 12.3. The summed E-state index contributed by atoms with van der Waals surface area (Å²) in [5.41, 5.74) is 0. The lowest BCUT2D eigenvalue weighted by Gasteiger charge is -2.29. The molecule has 0 aromatic carbocycles. The number of hydrogen-bond acceptors (Lipinski definition) is 6. The van der Waals surface area contributed by atoms with E-state index in [1.807, 2.05) is 21.6 Å².